The molecule has 8 heteroatoms. The monoisotopic (exact) mass is 394 g/mol. The molecular formula is C12H12BrClN2O2S2. The van der Waals surface area contributed by atoms with Crippen LogP contribution in [0.15, 0.2) is 26.2 Å². The molecule has 0 aliphatic rings. The summed E-state index contributed by atoms with van der Waals surface area (Å²) in [4.78, 5) is 0. The minimum absolute atomic E-state index is 0.146. The summed E-state index contributed by atoms with van der Waals surface area (Å²) in [5.41, 5.74) is 8.54. The molecule has 0 spiro atoms. The van der Waals surface area contributed by atoms with E-state index in [-0.39, 0.29) is 4.21 Å². The molecule has 0 atom stereocenters. The van der Waals surface area contributed by atoms with Gasteiger partial charge in [-0.15, -0.1) is 11.3 Å². The van der Waals surface area contributed by atoms with Crippen LogP contribution in [0.1, 0.15) is 11.1 Å². The second kappa shape index (κ2) is 5.55. The predicted molar refractivity (Wildman–Crippen MR) is 88.2 cm³/mol. The number of nitrogens with one attached hydrogen (secondary N) is 1. The number of rotatable bonds is 3. The van der Waals surface area contributed by atoms with Gasteiger partial charge in [-0.25, -0.2) is 8.42 Å². The van der Waals surface area contributed by atoms with E-state index in [9.17, 15) is 8.42 Å². The number of halogens is 2. The van der Waals surface area contributed by atoms with Gasteiger partial charge < -0.3 is 5.73 Å². The molecule has 20 heavy (non-hydrogen) atoms. The zero-order valence-corrected chi connectivity index (χ0v) is 14.7. The lowest BCUT2D eigenvalue weighted by Gasteiger charge is -2.11. The van der Waals surface area contributed by atoms with E-state index < -0.39 is 10.0 Å². The maximum Gasteiger partial charge on any atom is 0.271 e. The fraction of sp³-hybridized carbons (Fsp3) is 0.167. The first kappa shape index (κ1) is 15.6. The lowest BCUT2D eigenvalue weighted by Crippen LogP contribution is -2.12. The summed E-state index contributed by atoms with van der Waals surface area (Å²) in [6.45, 7) is 3.69. The van der Waals surface area contributed by atoms with Gasteiger partial charge in [0.1, 0.15) is 4.21 Å². The summed E-state index contributed by atoms with van der Waals surface area (Å²) in [5.74, 6) is 0. The molecule has 1 aromatic carbocycles. The van der Waals surface area contributed by atoms with Gasteiger partial charge in [0.2, 0.25) is 0 Å². The van der Waals surface area contributed by atoms with Gasteiger partial charge in [0.25, 0.3) is 10.0 Å². The molecule has 0 bridgehead atoms. The van der Waals surface area contributed by atoms with Crippen LogP contribution in [0.4, 0.5) is 11.4 Å². The molecule has 0 radical (unpaired) electrons. The quantitative estimate of drug-likeness (QED) is 0.766. The molecule has 0 aliphatic carbocycles. The van der Waals surface area contributed by atoms with E-state index in [1.807, 2.05) is 19.9 Å². The standard InChI is InChI=1S/C12H12BrClN2O2S2/c1-6-3-7(2)10(5-9(6)15)16-20(17,18)11-4-8(14)12(13)19-11/h3-5,16H,15H2,1-2H3. The van der Waals surface area contributed by atoms with E-state index in [0.717, 1.165) is 22.5 Å². The number of hydrogen-bond donors (Lipinski definition) is 2. The summed E-state index contributed by atoms with van der Waals surface area (Å²) in [6, 6.07) is 4.86. The average molecular weight is 396 g/mol. The lowest BCUT2D eigenvalue weighted by atomic mass is 10.1. The van der Waals surface area contributed by atoms with Gasteiger partial charge in [-0.3, -0.25) is 4.72 Å². The molecule has 0 amide bonds. The molecule has 108 valence electrons. The van der Waals surface area contributed by atoms with Gasteiger partial charge in [0.05, 0.1) is 14.5 Å². The van der Waals surface area contributed by atoms with Gasteiger partial charge in [-0.1, -0.05) is 17.7 Å². The molecule has 4 nitrogen and oxygen atoms in total. The van der Waals surface area contributed by atoms with Crippen LogP contribution in [0.2, 0.25) is 5.02 Å². The van der Waals surface area contributed by atoms with Gasteiger partial charge in [0, 0.05) is 5.69 Å². The third kappa shape index (κ3) is 3.11. The van der Waals surface area contributed by atoms with Crippen LogP contribution >= 0.6 is 38.9 Å². The first-order chi connectivity index (χ1) is 9.20. The zero-order valence-electron chi connectivity index (χ0n) is 10.7. The summed E-state index contributed by atoms with van der Waals surface area (Å²) in [7, 11) is -3.67. The Morgan fingerprint density at radius 2 is 1.90 bits per heavy atom. The Balaban J connectivity index is 2.40. The predicted octanol–water partition coefficient (Wildman–Crippen LogP) is 4.16. The van der Waals surface area contributed by atoms with E-state index in [0.29, 0.717) is 20.2 Å². The number of aryl methyl sites for hydroxylation is 2. The Kier molecular flexibility index (Phi) is 4.34. The maximum atomic E-state index is 12.3. The van der Waals surface area contributed by atoms with Crippen LogP contribution in [-0.2, 0) is 10.0 Å². The highest BCUT2D eigenvalue weighted by Gasteiger charge is 2.20. The minimum atomic E-state index is -3.67. The van der Waals surface area contributed by atoms with Crippen molar-refractivity contribution in [1.29, 1.82) is 0 Å². The average Bonchev–Trinajstić information content (AvgIpc) is 2.67. The lowest BCUT2D eigenvalue weighted by molar-refractivity contribution is 0.603. The second-order valence-electron chi connectivity index (χ2n) is 4.32. The van der Waals surface area contributed by atoms with Crippen molar-refractivity contribution in [3.05, 3.63) is 38.1 Å². The van der Waals surface area contributed by atoms with E-state index in [1.54, 1.807) is 6.07 Å². The Hall–Kier alpha value is -0.760. The third-order valence-corrected chi connectivity index (χ3v) is 7.06. The van der Waals surface area contributed by atoms with Crippen LogP contribution in [0.25, 0.3) is 0 Å². The van der Waals surface area contributed by atoms with Crippen LogP contribution < -0.4 is 10.5 Å². The first-order valence-electron chi connectivity index (χ1n) is 5.55. The van der Waals surface area contributed by atoms with Crippen molar-refractivity contribution in [2.24, 2.45) is 0 Å². The Morgan fingerprint density at radius 1 is 1.25 bits per heavy atom. The molecule has 2 rings (SSSR count). The van der Waals surface area contributed by atoms with Gasteiger partial charge in [-0.2, -0.15) is 0 Å². The smallest absolute Gasteiger partial charge is 0.271 e. The van der Waals surface area contributed by atoms with Crippen molar-refractivity contribution < 1.29 is 8.42 Å². The fourth-order valence-corrected chi connectivity index (χ4v) is 5.15. The molecule has 0 saturated heterocycles. The number of thiophene rings is 1. The highest BCUT2D eigenvalue weighted by Crippen LogP contribution is 2.35. The second-order valence-corrected chi connectivity index (χ2v) is 9.00. The van der Waals surface area contributed by atoms with E-state index >= 15 is 0 Å². The number of anilines is 2. The van der Waals surface area contributed by atoms with Gasteiger partial charge in [0.15, 0.2) is 0 Å². The largest absolute Gasteiger partial charge is 0.398 e. The number of benzene rings is 1. The molecule has 1 aromatic heterocycles. The summed E-state index contributed by atoms with van der Waals surface area (Å²) in [6.07, 6.45) is 0. The number of hydrogen-bond acceptors (Lipinski definition) is 4. The van der Waals surface area contributed by atoms with Crippen molar-refractivity contribution in [2.45, 2.75) is 18.1 Å². The van der Waals surface area contributed by atoms with Crippen molar-refractivity contribution >= 4 is 60.3 Å². The highest BCUT2D eigenvalue weighted by molar-refractivity contribution is 9.11. The summed E-state index contributed by atoms with van der Waals surface area (Å²) >= 11 is 10.1. The van der Waals surface area contributed by atoms with Crippen LogP contribution in [0.3, 0.4) is 0 Å². The Labute approximate surface area is 135 Å². The zero-order chi connectivity index (χ0) is 15.1. The van der Waals surface area contributed by atoms with Gasteiger partial charge >= 0.3 is 0 Å². The Morgan fingerprint density at radius 3 is 2.45 bits per heavy atom. The molecule has 0 fully saturated rings. The molecular weight excluding hydrogens is 384 g/mol. The number of sulfonamides is 1. The molecule has 0 saturated carbocycles. The van der Waals surface area contributed by atoms with E-state index in [1.165, 1.54) is 6.07 Å². The van der Waals surface area contributed by atoms with Gasteiger partial charge in [-0.05, 0) is 53.0 Å². The number of nitrogen functional groups attached to an aromatic ring is 1. The molecule has 1 heterocycles. The minimum Gasteiger partial charge on any atom is -0.398 e. The number of nitrogens with two attached hydrogens (primary N) is 1. The summed E-state index contributed by atoms with van der Waals surface area (Å²) in [5, 5.41) is 0.371. The first-order valence-corrected chi connectivity index (χ1v) is 9.02. The normalized spacial score (nSPS) is 11.6. The third-order valence-electron chi connectivity index (χ3n) is 2.74. The molecule has 2 aromatic rings. The molecule has 0 unspecified atom stereocenters. The highest BCUT2D eigenvalue weighted by atomic mass is 79.9. The summed E-state index contributed by atoms with van der Waals surface area (Å²) < 4.78 is 27.9. The Bertz CT molecular complexity index is 753. The van der Waals surface area contributed by atoms with Crippen LogP contribution in [0, 0.1) is 13.8 Å². The molecule has 3 N–H and O–H groups in total. The van der Waals surface area contributed by atoms with Crippen molar-refractivity contribution in [3.8, 4) is 0 Å². The van der Waals surface area contributed by atoms with Crippen molar-refractivity contribution in [2.75, 3.05) is 10.5 Å². The fourth-order valence-electron chi connectivity index (χ4n) is 1.63. The van der Waals surface area contributed by atoms with Crippen molar-refractivity contribution in [1.82, 2.24) is 0 Å². The van der Waals surface area contributed by atoms with Crippen LogP contribution in [0.5, 0.6) is 0 Å². The molecule has 0 aliphatic heterocycles. The maximum absolute atomic E-state index is 12.3. The van der Waals surface area contributed by atoms with Crippen LogP contribution in [-0.4, -0.2) is 8.42 Å². The van der Waals surface area contributed by atoms with Crippen molar-refractivity contribution in [3.63, 3.8) is 0 Å². The van der Waals surface area contributed by atoms with E-state index in [2.05, 4.69) is 20.7 Å². The van der Waals surface area contributed by atoms with E-state index in [4.69, 9.17) is 17.3 Å². The SMILES string of the molecule is Cc1cc(C)c(NS(=O)(=O)c2cc(Cl)c(Br)s2)cc1N. The topological polar surface area (TPSA) is 72.2 Å².